The highest BCUT2D eigenvalue weighted by atomic mass is 35.5. The van der Waals surface area contributed by atoms with E-state index in [1.165, 1.54) is 0 Å². The third kappa shape index (κ3) is 3.72. The number of nitrogens with zero attached hydrogens (tertiary/aromatic N) is 3. The SMILES string of the molecule is CCOc1nc(NC)nc(Oc2c(C)cc(Cl)cc2C)n1. The number of ether oxygens (including phenoxy) is 2. The van der Waals surface area contributed by atoms with Gasteiger partial charge in [-0.25, -0.2) is 0 Å². The van der Waals surface area contributed by atoms with Gasteiger partial charge in [0.1, 0.15) is 5.75 Å². The number of hydrogen-bond acceptors (Lipinski definition) is 6. The molecule has 2 rings (SSSR count). The molecule has 21 heavy (non-hydrogen) atoms. The molecule has 1 N–H and O–H groups in total. The Morgan fingerprint density at radius 1 is 1.10 bits per heavy atom. The van der Waals surface area contributed by atoms with Gasteiger partial charge in [0.25, 0.3) is 0 Å². The fraction of sp³-hybridized carbons (Fsp3) is 0.357. The highest BCUT2D eigenvalue weighted by Gasteiger charge is 2.12. The van der Waals surface area contributed by atoms with Crippen molar-refractivity contribution in [2.45, 2.75) is 20.8 Å². The number of halogens is 1. The second-order valence-electron chi connectivity index (χ2n) is 4.38. The van der Waals surface area contributed by atoms with E-state index in [1.807, 2.05) is 32.9 Å². The van der Waals surface area contributed by atoms with Crippen molar-refractivity contribution in [2.75, 3.05) is 19.0 Å². The van der Waals surface area contributed by atoms with Gasteiger partial charge in [0.15, 0.2) is 0 Å². The molecule has 0 saturated heterocycles. The molecule has 112 valence electrons. The Kier molecular flexibility index (Phi) is 4.80. The molecule has 0 bridgehead atoms. The van der Waals surface area contributed by atoms with Crippen LogP contribution in [-0.4, -0.2) is 28.6 Å². The van der Waals surface area contributed by atoms with Gasteiger partial charge in [-0.1, -0.05) is 11.6 Å². The summed E-state index contributed by atoms with van der Waals surface area (Å²) in [4.78, 5) is 12.4. The van der Waals surface area contributed by atoms with Gasteiger partial charge < -0.3 is 14.8 Å². The van der Waals surface area contributed by atoms with Crippen LogP contribution in [0.15, 0.2) is 12.1 Å². The van der Waals surface area contributed by atoms with E-state index in [0.29, 0.717) is 23.3 Å². The summed E-state index contributed by atoms with van der Waals surface area (Å²) in [6, 6.07) is 4.04. The maximum absolute atomic E-state index is 6.01. The van der Waals surface area contributed by atoms with Crippen molar-refractivity contribution in [1.82, 2.24) is 15.0 Å². The zero-order valence-corrected chi connectivity index (χ0v) is 13.2. The summed E-state index contributed by atoms with van der Waals surface area (Å²) in [5.74, 6) is 1.06. The first-order valence-electron chi connectivity index (χ1n) is 6.54. The molecular weight excluding hydrogens is 292 g/mol. The van der Waals surface area contributed by atoms with E-state index in [4.69, 9.17) is 21.1 Å². The lowest BCUT2D eigenvalue weighted by atomic mass is 10.1. The molecule has 0 spiro atoms. The van der Waals surface area contributed by atoms with E-state index >= 15 is 0 Å². The summed E-state index contributed by atoms with van der Waals surface area (Å²) in [5.41, 5.74) is 1.81. The summed E-state index contributed by atoms with van der Waals surface area (Å²) >= 11 is 6.01. The van der Waals surface area contributed by atoms with Crippen LogP contribution in [0.4, 0.5) is 5.95 Å². The van der Waals surface area contributed by atoms with Crippen LogP contribution in [0.25, 0.3) is 0 Å². The van der Waals surface area contributed by atoms with Crippen molar-refractivity contribution in [3.05, 3.63) is 28.3 Å². The van der Waals surface area contributed by atoms with E-state index in [0.717, 1.165) is 11.1 Å². The Hall–Kier alpha value is -2.08. The number of aryl methyl sites for hydroxylation is 2. The van der Waals surface area contributed by atoms with Gasteiger partial charge in [-0.3, -0.25) is 0 Å². The predicted molar refractivity (Wildman–Crippen MR) is 81.5 cm³/mol. The molecule has 0 aliphatic rings. The van der Waals surface area contributed by atoms with Gasteiger partial charge in [-0.15, -0.1) is 4.98 Å². The molecule has 0 unspecified atom stereocenters. The van der Waals surface area contributed by atoms with Crippen LogP contribution in [0.3, 0.4) is 0 Å². The van der Waals surface area contributed by atoms with Crippen molar-refractivity contribution in [3.63, 3.8) is 0 Å². The molecule has 1 aromatic carbocycles. The van der Waals surface area contributed by atoms with E-state index in [-0.39, 0.29) is 12.0 Å². The normalized spacial score (nSPS) is 10.3. The first kappa shape index (κ1) is 15.3. The highest BCUT2D eigenvalue weighted by Crippen LogP contribution is 2.30. The largest absolute Gasteiger partial charge is 0.464 e. The number of hydrogen-bond donors (Lipinski definition) is 1. The van der Waals surface area contributed by atoms with Crippen LogP contribution in [-0.2, 0) is 0 Å². The highest BCUT2D eigenvalue weighted by molar-refractivity contribution is 6.30. The maximum Gasteiger partial charge on any atom is 0.330 e. The summed E-state index contributed by atoms with van der Waals surface area (Å²) < 4.78 is 11.1. The molecule has 0 aliphatic heterocycles. The Morgan fingerprint density at radius 2 is 1.71 bits per heavy atom. The minimum atomic E-state index is 0.173. The minimum absolute atomic E-state index is 0.173. The quantitative estimate of drug-likeness (QED) is 0.913. The van der Waals surface area contributed by atoms with Crippen LogP contribution < -0.4 is 14.8 Å². The summed E-state index contributed by atoms with van der Waals surface area (Å²) in [5, 5.41) is 3.51. The van der Waals surface area contributed by atoms with Gasteiger partial charge in [0, 0.05) is 12.1 Å². The van der Waals surface area contributed by atoms with E-state index in [2.05, 4.69) is 20.3 Å². The number of nitrogens with one attached hydrogen (secondary N) is 1. The third-order valence-electron chi connectivity index (χ3n) is 2.71. The van der Waals surface area contributed by atoms with Crippen molar-refractivity contribution < 1.29 is 9.47 Å². The van der Waals surface area contributed by atoms with Gasteiger partial charge in [-0.2, -0.15) is 9.97 Å². The minimum Gasteiger partial charge on any atom is -0.464 e. The van der Waals surface area contributed by atoms with Crippen LogP contribution in [0.2, 0.25) is 5.02 Å². The number of benzene rings is 1. The lowest BCUT2D eigenvalue weighted by Gasteiger charge is -2.12. The molecule has 7 heteroatoms. The fourth-order valence-corrected chi connectivity index (χ4v) is 2.17. The average molecular weight is 309 g/mol. The molecule has 2 aromatic rings. The molecule has 0 saturated carbocycles. The molecule has 6 nitrogen and oxygen atoms in total. The van der Waals surface area contributed by atoms with Crippen LogP contribution in [0.5, 0.6) is 17.8 Å². The third-order valence-corrected chi connectivity index (χ3v) is 2.93. The summed E-state index contributed by atoms with van der Waals surface area (Å²) in [6.07, 6.45) is 0. The summed E-state index contributed by atoms with van der Waals surface area (Å²) in [7, 11) is 1.72. The topological polar surface area (TPSA) is 69.2 Å². The van der Waals surface area contributed by atoms with Gasteiger partial charge >= 0.3 is 12.0 Å². The van der Waals surface area contributed by atoms with Crippen molar-refractivity contribution in [3.8, 4) is 17.8 Å². The Bertz CT molecular complexity index is 626. The number of rotatable bonds is 5. The first-order valence-corrected chi connectivity index (χ1v) is 6.92. The predicted octanol–water partition coefficient (Wildman–Crippen LogP) is 3.37. The van der Waals surface area contributed by atoms with Crippen molar-refractivity contribution in [2.24, 2.45) is 0 Å². The standard InChI is InChI=1S/C14H17ClN4O2/c1-5-20-13-17-12(16-4)18-14(19-13)21-11-8(2)6-10(15)7-9(11)3/h6-7H,5H2,1-4H3,(H,16,17,18,19). The lowest BCUT2D eigenvalue weighted by Crippen LogP contribution is -2.05. The van der Waals surface area contributed by atoms with E-state index < -0.39 is 0 Å². The molecule has 1 aromatic heterocycles. The van der Waals surface area contributed by atoms with Crippen LogP contribution in [0.1, 0.15) is 18.1 Å². The second-order valence-corrected chi connectivity index (χ2v) is 4.81. The van der Waals surface area contributed by atoms with E-state index in [1.54, 1.807) is 7.05 Å². The Morgan fingerprint density at radius 3 is 2.29 bits per heavy atom. The lowest BCUT2D eigenvalue weighted by molar-refractivity contribution is 0.303. The molecule has 0 radical (unpaired) electrons. The molecule has 0 fully saturated rings. The van der Waals surface area contributed by atoms with E-state index in [9.17, 15) is 0 Å². The molecule has 0 aliphatic carbocycles. The smallest absolute Gasteiger partial charge is 0.330 e. The number of anilines is 1. The van der Waals surface area contributed by atoms with Crippen LogP contribution in [0, 0.1) is 13.8 Å². The Labute approximate surface area is 128 Å². The summed E-state index contributed by atoms with van der Waals surface area (Å²) in [6.45, 7) is 6.15. The van der Waals surface area contributed by atoms with Crippen molar-refractivity contribution in [1.29, 1.82) is 0 Å². The maximum atomic E-state index is 6.01. The van der Waals surface area contributed by atoms with Gasteiger partial charge in [0.05, 0.1) is 6.61 Å². The van der Waals surface area contributed by atoms with Gasteiger partial charge in [-0.05, 0) is 44.0 Å². The molecular formula is C14H17ClN4O2. The van der Waals surface area contributed by atoms with Crippen molar-refractivity contribution >= 4 is 17.5 Å². The number of aromatic nitrogens is 3. The second kappa shape index (κ2) is 6.58. The van der Waals surface area contributed by atoms with Crippen LogP contribution >= 0.6 is 11.6 Å². The average Bonchev–Trinajstić information content (AvgIpc) is 2.43. The fourth-order valence-electron chi connectivity index (χ4n) is 1.84. The zero-order chi connectivity index (χ0) is 15.4. The van der Waals surface area contributed by atoms with Gasteiger partial charge in [0.2, 0.25) is 5.95 Å². The first-order chi connectivity index (χ1) is 10.0. The molecule has 0 amide bonds. The Balaban J connectivity index is 2.37. The monoisotopic (exact) mass is 308 g/mol. The molecule has 0 atom stereocenters. The molecule has 1 heterocycles. The zero-order valence-electron chi connectivity index (χ0n) is 12.4.